The average Bonchev–Trinajstić information content (AvgIpc) is 2.75. The van der Waals surface area contributed by atoms with E-state index < -0.39 is 0 Å². The molecule has 0 spiro atoms. The first-order valence-electron chi connectivity index (χ1n) is 7.17. The third-order valence-electron chi connectivity index (χ3n) is 3.73. The van der Waals surface area contributed by atoms with Crippen LogP contribution in [0.4, 0.5) is 4.39 Å². The van der Waals surface area contributed by atoms with E-state index in [2.05, 4.69) is 33.3 Å². The topological polar surface area (TPSA) is 29.9 Å². The van der Waals surface area contributed by atoms with Gasteiger partial charge in [0.15, 0.2) is 0 Å². The third-order valence-corrected chi connectivity index (χ3v) is 4.65. The molecule has 1 aromatic carbocycles. The van der Waals surface area contributed by atoms with Crippen molar-refractivity contribution in [2.45, 2.75) is 25.7 Å². The van der Waals surface area contributed by atoms with Crippen molar-refractivity contribution in [3.8, 4) is 0 Å². The SMILES string of the molecule is CCc1nn(C)c(CC(CNC)c2ccc(F)cc2)c1Br. The van der Waals surface area contributed by atoms with Crippen molar-refractivity contribution in [3.63, 3.8) is 0 Å². The average molecular weight is 354 g/mol. The molecule has 0 bridgehead atoms. The molecule has 3 nitrogen and oxygen atoms in total. The Labute approximate surface area is 133 Å². The number of nitrogens with one attached hydrogen (secondary N) is 1. The first-order chi connectivity index (χ1) is 10.1. The van der Waals surface area contributed by atoms with Crippen LogP contribution in [0.5, 0.6) is 0 Å². The molecule has 1 atom stereocenters. The fourth-order valence-corrected chi connectivity index (χ4v) is 3.34. The minimum absolute atomic E-state index is 0.197. The molecule has 114 valence electrons. The maximum atomic E-state index is 13.1. The Morgan fingerprint density at radius 3 is 2.52 bits per heavy atom. The molecule has 5 heteroatoms. The second-order valence-electron chi connectivity index (χ2n) is 5.19. The number of hydrogen-bond acceptors (Lipinski definition) is 2. The summed E-state index contributed by atoms with van der Waals surface area (Å²) < 4.78 is 16.1. The highest BCUT2D eigenvalue weighted by Gasteiger charge is 2.18. The molecule has 0 fully saturated rings. The molecule has 1 aromatic heterocycles. The molecular formula is C16H21BrFN3. The van der Waals surface area contributed by atoms with Crippen molar-refractivity contribution >= 4 is 15.9 Å². The molecular weight excluding hydrogens is 333 g/mol. The van der Waals surface area contributed by atoms with Crippen LogP contribution >= 0.6 is 15.9 Å². The smallest absolute Gasteiger partial charge is 0.123 e. The van der Waals surface area contributed by atoms with Crippen LogP contribution in [0.25, 0.3) is 0 Å². The number of benzene rings is 1. The summed E-state index contributed by atoms with van der Waals surface area (Å²) in [6, 6.07) is 6.77. The van der Waals surface area contributed by atoms with Crippen molar-refractivity contribution in [3.05, 3.63) is 51.5 Å². The van der Waals surface area contributed by atoms with Gasteiger partial charge in [0.2, 0.25) is 0 Å². The lowest BCUT2D eigenvalue weighted by Gasteiger charge is -2.17. The molecule has 1 N–H and O–H groups in total. The molecule has 0 saturated heterocycles. The van der Waals surface area contributed by atoms with E-state index in [1.165, 1.54) is 17.8 Å². The molecule has 0 saturated carbocycles. The van der Waals surface area contributed by atoms with Gasteiger partial charge in [-0.05, 0) is 53.5 Å². The van der Waals surface area contributed by atoms with Gasteiger partial charge >= 0.3 is 0 Å². The quantitative estimate of drug-likeness (QED) is 0.861. The van der Waals surface area contributed by atoms with Crippen LogP contribution in [-0.4, -0.2) is 23.4 Å². The van der Waals surface area contributed by atoms with Gasteiger partial charge < -0.3 is 5.32 Å². The number of hydrogen-bond donors (Lipinski definition) is 1. The van der Waals surface area contributed by atoms with Gasteiger partial charge in [-0.15, -0.1) is 0 Å². The summed E-state index contributed by atoms with van der Waals surface area (Å²) >= 11 is 3.66. The van der Waals surface area contributed by atoms with Gasteiger partial charge in [0.25, 0.3) is 0 Å². The molecule has 2 aromatic rings. The summed E-state index contributed by atoms with van der Waals surface area (Å²) in [5.41, 5.74) is 3.39. The predicted molar refractivity (Wildman–Crippen MR) is 87.1 cm³/mol. The summed E-state index contributed by atoms with van der Waals surface area (Å²) in [4.78, 5) is 0. The maximum absolute atomic E-state index is 13.1. The Bertz CT molecular complexity index is 592. The molecule has 0 aliphatic carbocycles. The van der Waals surface area contributed by atoms with Crippen molar-refractivity contribution in [1.29, 1.82) is 0 Å². The van der Waals surface area contributed by atoms with Crippen LogP contribution in [0.1, 0.15) is 29.8 Å². The van der Waals surface area contributed by atoms with Gasteiger partial charge in [-0.2, -0.15) is 5.10 Å². The Hall–Kier alpha value is -1.20. The fourth-order valence-electron chi connectivity index (χ4n) is 2.56. The molecule has 0 radical (unpaired) electrons. The van der Waals surface area contributed by atoms with Gasteiger partial charge in [0.1, 0.15) is 5.82 Å². The molecule has 0 aliphatic rings. The summed E-state index contributed by atoms with van der Waals surface area (Å²) in [6.07, 6.45) is 1.76. The Balaban J connectivity index is 2.28. The summed E-state index contributed by atoms with van der Waals surface area (Å²) in [6.45, 7) is 2.94. The first kappa shape index (κ1) is 16.2. The Kier molecular flexibility index (Phi) is 5.53. The minimum atomic E-state index is -0.197. The third kappa shape index (κ3) is 3.71. The lowest BCUT2D eigenvalue weighted by atomic mass is 9.94. The van der Waals surface area contributed by atoms with E-state index in [-0.39, 0.29) is 11.7 Å². The molecule has 1 unspecified atom stereocenters. The second kappa shape index (κ2) is 7.18. The van der Waals surface area contributed by atoms with E-state index in [9.17, 15) is 4.39 Å². The van der Waals surface area contributed by atoms with Crippen LogP contribution in [0, 0.1) is 5.82 Å². The zero-order valence-electron chi connectivity index (χ0n) is 12.7. The van der Waals surface area contributed by atoms with Crippen molar-refractivity contribution < 1.29 is 4.39 Å². The van der Waals surface area contributed by atoms with E-state index in [0.29, 0.717) is 0 Å². The van der Waals surface area contributed by atoms with Crippen molar-refractivity contribution in [2.24, 2.45) is 7.05 Å². The highest BCUT2D eigenvalue weighted by Crippen LogP contribution is 2.27. The van der Waals surface area contributed by atoms with E-state index in [1.807, 2.05) is 30.9 Å². The molecule has 21 heavy (non-hydrogen) atoms. The number of nitrogens with zero attached hydrogens (tertiary/aromatic N) is 2. The highest BCUT2D eigenvalue weighted by atomic mass is 79.9. The highest BCUT2D eigenvalue weighted by molar-refractivity contribution is 9.10. The van der Waals surface area contributed by atoms with Crippen LogP contribution in [0.3, 0.4) is 0 Å². The largest absolute Gasteiger partial charge is 0.319 e. The number of halogens is 2. The normalized spacial score (nSPS) is 12.6. The summed E-state index contributed by atoms with van der Waals surface area (Å²) in [5.74, 6) is 0.0870. The second-order valence-corrected chi connectivity index (χ2v) is 5.99. The summed E-state index contributed by atoms with van der Waals surface area (Å²) in [5, 5.41) is 7.76. The number of rotatable bonds is 6. The molecule has 2 rings (SSSR count). The monoisotopic (exact) mass is 353 g/mol. The van der Waals surface area contributed by atoms with Crippen LogP contribution < -0.4 is 5.32 Å². The Morgan fingerprint density at radius 2 is 2.00 bits per heavy atom. The minimum Gasteiger partial charge on any atom is -0.319 e. The van der Waals surface area contributed by atoms with Crippen LogP contribution in [-0.2, 0) is 19.9 Å². The van der Waals surface area contributed by atoms with Gasteiger partial charge in [0, 0.05) is 19.5 Å². The predicted octanol–water partition coefficient (Wildman–Crippen LogP) is 3.43. The zero-order valence-corrected chi connectivity index (χ0v) is 14.2. The van der Waals surface area contributed by atoms with E-state index in [4.69, 9.17) is 0 Å². The Morgan fingerprint density at radius 1 is 1.33 bits per heavy atom. The van der Waals surface area contributed by atoms with Crippen molar-refractivity contribution in [2.75, 3.05) is 13.6 Å². The van der Waals surface area contributed by atoms with Gasteiger partial charge in [-0.25, -0.2) is 4.39 Å². The van der Waals surface area contributed by atoms with Crippen LogP contribution in [0.2, 0.25) is 0 Å². The van der Waals surface area contributed by atoms with Crippen molar-refractivity contribution in [1.82, 2.24) is 15.1 Å². The van der Waals surface area contributed by atoms with E-state index >= 15 is 0 Å². The fraction of sp³-hybridized carbons (Fsp3) is 0.438. The lowest BCUT2D eigenvalue weighted by Crippen LogP contribution is -2.20. The van der Waals surface area contributed by atoms with E-state index in [1.54, 1.807) is 0 Å². The van der Waals surface area contributed by atoms with Gasteiger partial charge in [-0.1, -0.05) is 19.1 Å². The number of likely N-dealkylation sites (N-methyl/N-ethyl adjacent to an activating group) is 1. The maximum Gasteiger partial charge on any atom is 0.123 e. The van der Waals surface area contributed by atoms with E-state index in [0.717, 1.165) is 35.1 Å². The lowest BCUT2D eigenvalue weighted by molar-refractivity contribution is 0.585. The van der Waals surface area contributed by atoms with Crippen LogP contribution in [0.15, 0.2) is 28.7 Å². The standard InChI is InChI=1S/C16H21BrFN3/c1-4-14-16(17)15(21(3)20-14)9-12(10-19-2)11-5-7-13(18)8-6-11/h5-8,12,19H,4,9-10H2,1-3H3. The summed E-state index contributed by atoms with van der Waals surface area (Å²) in [7, 11) is 3.91. The molecule has 1 heterocycles. The first-order valence-corrected chi connectivity index (χ1v) is 7.96. The number of aryl methyl sites for hydroxylation is 2. The number of aromatic nitrogens is 2. The zero-order chi connectivity index (χ0) is 15.4. The molecule has 0 amide bonds. The molecule has 0 aliphatic heterocycles. The van der Waals surface area contributed by atoms with Gasteiger partial charge in [0.05, 0.1) is 15.9 Å². The van der Waals surface area contributed by atoms with Gasteiger partial charge in [-0.3, -0.25) is 4.68 Å².